The third-order valence-electron chi connectivity index (χ3n) is 4.03. The molecule has 1 aromatic heterocycles. The summed E-state index contributed by atoms with van der Waals surface area (Å²) in [6.45, 7) is 6.39. The zero-order valence-corrected chi connectivity index (χ0v) is 12.9. The van der Waals surface area contributed by atoms with Crippen molar-refractivity contribution in [1.82, 2.24) is 15.2 Å². The lowest BCUT2D eigenvalue weighted by molar-refractivity contribution is -0.150. The molecule has 0 bridgehead atoms. The highest BCUT2D eigenvalue weighted by Gasteiger charge is 2.39. The molecule has 1 aromatic rings. The largest absolute Gasteiger partial charge is 0.343 e. The molecule has 5 nitrogen and oxygen atoms in total. The van der Waals surface area contributed by atoms with Crippen molar-refractivity contribution in [3.05, 3.63) is 29.6 Å². The van der Waals surface area contributed by atoms with E-state index in [1.807, 2.05) is 26.8 Å². The van der Waals surface area contributed by atoms with Crippen LogP contribution in [-0.4, -0.2) is 33.8 Å². The normalized spacial score (nSPS) is 22.3. The van der Waals surface area contributed by atoms with Gasteiger partial charge >= 0.3 is 0 Å². The lowest BCUT2D eigenvalue weighted by Gasteiger charge is -2.38. The molecule has 1 fully saturated rings. The van der Waals surface area contributed by atoms with Crippen LogP contribution >= 0.6 is 0 Å². The van der Waals surface area contributed by atoms with Crippen molar-refractivity contribution in [1.29, 1.82) is 0 Å². The molecule has 0 spiro atoms. The van der Waals surface area contributed by atoms with Crippen molar-refractivity contribution < 1.29 is 9.59 Å². The summed E-state index contributed by atoms with van der Waals surface area (Å²) >= 11 is 0. The van der Waals surface area contributed by atoms with Gasteiger partial charge in [0.2, 0.25) is 11.8 Å². The van der Waals surface area contributed by atoms with E-state index in [1.54, 1.807) is 17.3 Å². The fraction of sp³-hybridized carbons (Fsp3) is 0.562. The number of nitrogens with zero attached hydrogens (tertiary/aromatic N) is 2. The Labute approximate surface area is 125 Å². The molecule has 0 aromatic carbocycles. The molecule has 2 heterocycles. The Morgan fingerprint density at radius 1 is 1.33 bits per heavy atom. The van der Waals surface area contributed by atoms with Gasteiger partial charge in [-0.1, -0.05) is 20.3 Å². The molecule has 2 unspecified atom stereocenters. The second-order valence-corrected chi connectivity index (χ2v) is 5.54. The van der Waals surface area contributed by atoms with E-state index >= 15 is 0 Å². The average Bonchev–Trinajstić information content (AvgIpc) is 2.46. The van der Waals surface area contributed by atoms with Gasteiger partial charge in [-0.15, -0.1) is 0 Å². The van der Waals surface area contributed by atoms with Gasteiger partial charge < -0.3 is 10.2 Å². The Bertz CT molecular complexity index is 530. The van der Waals surface area contributed by atoms with E-state index in [0.29, 0.717) is 19.4 Å². The number of carbonyl (C=O) groups is 2. The van der Waals surface area contributed by atoms with Crippen LogP contribution < -0.4 is 5.32 Å². The minimum Gasteiger partial charge on any atom is -0.343 e. The average molecular weight is 289 g/mol. The molecule has 2 amide bonds. The molecular formula is C16H23N3O2. The van der Waals surface area contributed by atoms with Crippen LogP contribution in [0.25, 0.3) is 0 Å². The lowest BCUT2D eigenvalue weighted by Crippen LogP contribution is -2.62. The summed E-state index contributed by atoms with van der Waals surface area (Å²) in [4.78, 5) is 30.7. The van der Waals surface area contributed by atoms with Crippen LogP contribution in [0.3, 0.4) is 0 Å². The van der Waals surface area contributed by atoms with Crippen LogP contribution in [0.2, 0.25) is 0 Å². The van der Waals surface area contributed by atoms with E-state index in [2.05, 4.69) is 10.3 Å². The molecule has 0 saturated carbocycles. The van der Waals surface area contributed by atoms with Crippen LogP contribution in [0, 0.1) is 6.92 Å². The standard InChI is InChI=1S/C16H23N3O2/c1-4-6-13-16(21)19(14(5-2)15(20)18-13)10-12-9-17-8-7-11(12)3/h7-9,13-14H,4-6,10H2,1-3H3,(H,18,20). The van der Waals surface area contributed by atoms with E-state index in [4.69, 9.17) is 0 Å². The van der Waals surface area contributed by atoms with Crippen LogP contribution in [-0.2, 0) is 16.1 Å². The van der Waals surface area contributed by atoms with Crippen LogP contribution in [0.15, 0.2) is 18.5 Å². The highest BCUT2D eigenvalue weighted by atomic mass is 16.2. The van der Waals surface area contributed by atoms with Gasteiger partial charge in [0.1, 0.15) is 12.1 Å². The number of amides is 2. The Morgan fingerprint density at radius 2 is 2.10 bits per heavy atom. The van der Waals surface area contributed by atoms with Crippen LogP contribution in [0.4, 0.5) is 0 Å². The molecule has 21 heavy (non-hydrogen) atoms. The fourth-order valence-corrected chi connectivity index (χ4v) is 2.75. The Kier molecular flexibility index (Phi) is 4.94. The van der Waals surface area contributed by atoms with Gasteiger partial charge in [0, 0.05) is 18.9 Å². The van der Waals surface area contributed by atoms with Gasteiger partial charge in [-0.3, -0.25) is 14.6 Å². The molecule has 5 heteroatoms. The SMILES string of the molecule is CCCC1NC(=O)C(CC)N(Cc2cnccc2C)C1=O. The van der Waals surface area contributed by atoms with E-state index in [9.17, 15) is 9.59 Å². The summed E-state index contributed by atoms with van der Waals surface area (Å²) in [5, 5.41) is 2.85. The lowest BCUT2D eigenvalue weighted by atomic mass is 10.0. The Balaban J connectivity index is 2.25. The number of hydrogen-bond acceptors (Lipinski definition) is 3. The highest BCUT2D eigenvalue weighted by Crippen LogP contribution is 2.20. The van der Waals surface area contributed by atoms with Crippen molar-refractivity contribution in [3.8, 4) is 0 Å². The van der Waals surface area contributed by atoms with Crippen molar-refractivity contribution in [3.63, 3.8) is 0 Å². The molecular weight excluding hydrogens is 266 g/mol. The van der Waals surface area contributed by atoms with Gasteiger partial charge in [-0.2, -0.15) is 0 Å². The predicted octanol–water partition coefficient (Wildman–Crippen LogP) is 1.80. The maximum absolute atomic E-state index is 12.6. The first-order valence-electron chi connectivity index (χ1n) is 7.58. The number of carbonyl (C=O) groups excluding carboxylic acids is 2. The zero-order chi connectivity index (χ0) is 15.4. The molecule has 2 atom stereocenters. The van der Waals surface area contributed by atoms with Gasteiger partial charge in [0.25, 0.3) is 0 Å². The number of pyridine rings is 1. The van der Waals surface area contributed by atoms with Gasteiger partial charge in [0.15, 0.2) is 0 Å². The third-order valence-corrected chi connectivity index (χ3v) is 4.03. The van der Waals surface area contributed by atoms with Crippen molar-refractivity contribution in [2.24, 2.45) is 0 Å². The van der Waals surface area contributed by atoms with Crippen molar-refractivity contribution in [2.45, 2.75) is 58.7 Å². The quantitative estimate of drug-likeness (QED) is 0.899. The highest BCUT2D eigenvalue weighted by molar-refractivity contribution is 5.96. The van der Waals surface area contributed by atoms with E-state index < -0.39 is 0 Å². The minimum absolute atomic E-state index is 0.0200. The summed E-state index contributed by atoms with van der Waals surface area (Å²) in [5.41, 5.74) is 2.08. The molecule has 1 saturated heterocycles. The molecule has 1 N–H and O–H groups in total. The fourth-order valence-electron chi connectivity index (χ4n) is 2.75. The van der Waals surface area contributed by atoms with Crippen LogP contribution in [0.5, 0.6) is 0 Å². The topological polar surface area (TPSA) is 62.3 Å². The molecule has 2 rings (SSSR count). The summed E-state index contributed by atoms with van der Waals surface area (Å²) in [6, 6.07) is 1.15. The first-order chi connectivity index (χ1) is 10.1. The van der Waals surface area contributed by atoms with Gasteiger partial charge in [0.05, 0.1) is 0 Å². The molecule has 0 radical (unpaired) electrons. The van der Waals surface area contributed by atoms with Gasteiger partial charge in [-0.05, 0) is 37.0 Å². The van der Waals surface area contributed by atoms with E-state index in [1.165, 1.54) is 0 Å². The number of hydrogen-bond donors (Lipinski definition) is 1. The van der Waals surface area contributed by atoms with Crippen LogP contribution in [0.1, 0.15) is 44.2 Å². The summed E-state index contributed by atoms with van der Waals surface area (Å²) in [5.74, 6) is -0.0244. The zero-order valence-electron chi connectivity index (χ0n) is 12.9. The monoisotopic (exact) mass is 289 g/mol. The second-order valence-electron chi connectivity index (χ2n) is 5.54. The Hall–Kier alpha value is -1.91. The molecule has 0 aliphatic carbocycles. The summed E-state index contributed by atoms with van der Waals surface area (Å²) in [7, 11) is 0. The van der Waals surface area contributed by atoms with Gasteiger partial charge in [-0.25, -0.2) is 0 Å². The summed E-state index contributed by atoms with van der Waals surface area (Å²) in [6.07, 6.45) is 5.68. The molecule has 1 aliphatic heterocycles. The van der Waals surface area contributed by atoms with Crippen molar-refractivity contribution >= 4 is 11.8 Å². The van der Waals surface area contributed by atoms with Crippen molar-refractivity contribution in [2.75, 3.05) is 0 Å². The second kappa shape index (κ2) is 6.70. The first kappa shape index (κ1) is 15.5. The smallest absolute Gasteiger partial charge is 0.246 e. The van der Waals surface area contributed by atoms with E-state index in [0.717, 1.165) is 17.5 Å². The maximum Gasteiger partial charge on any atom is 0.246 e. The molecule has 1 aliphatic rings. The number of aromatic nitrogens is 1. The first-order valence-corrected chi connectivity index (χ1v) is 7.58. The minimum atomic E-state index is -0.387. The molecule has 114 valence electrons. The Morgan fingerprint density at radius 3 is 2.71 bits per heavy atom. The summed E-state index contributed by atoms with van der Waals surface area (Å²) < 4.78 is 0. The third kappa shape index (κ3) is 3.23. The van der Waals surface area contributed by atoms with E-state index in [-0.39, 0.29) is 23.9 Å². The number of aryl methyl sites for hydroxylation is 1. The predicted molar refractivity (Wildman–Crippen MR) is 80.4 cm³/mol. The maximum atomic E-state index is 12.6. The number of nitrogens with one attached hydrogen (secondary N) is 1. The number of rotatable bonds is 5. The number of piperazine rings is 1.